The monoisotopic (exact) mass is 240 g/mol. The molecule has 1 atom stereocenters. The van der Waals surface area contributed by atoms with Gasteiger partial charge in [-0.3, -0.25) is 0 Å². The topological polar surface area (TPSA) is 15.3 Å². The van der Waals surface area contributed by atoms with Crippen LogP contribution in [0.2, 0.25) is 0 Å². The summed E-state index contributed by atoms with van der Waals surface area (Å²) in [7, 11) is 4.21. The quantitative estimate of drug-likeness (QED) is 0.788. The van der Waals surface area contributed by atoms with E-state index in [1.165, 1.54) is 22.7 Å². The lowest BCUT2D eigenvalue weighted by Crippen LogP contribution is -2.23. The van der Waals surface area contributed by atoms with E-state index < -0.39 is 0 Å². The van der Waals surface area contributed by atoms with E-state index in [-0.39, 0.29) is 0 Å². The molecule has 1 aromatic heterocycles. The molecule has 16 heavy (non-hydrogen) atoms. The molecule has 92 valence electrons. The summed E-state index contributed by atoms with van der Waals surface area (Å²) in [4.78, 5) is 5.31. The minimum atomic E-state index is 0.793. The van der Waals surface area contributed by atoms with Gasteiger partial charge in [-0.25, -0.2) is 0 Å². The van der Waals surface area contributed by atoms with Crippen LogP contribution in [-0.4, -0.2) is 25.5 Å². The van der Waals surface area contributed by atoms with Crippen LogP contribution in [-0.2, 0) is 13.1 Å². The highest BCUT2D eigenvalue weighted by molar-refractivity contribution is 7.11. The van der Waals surface area contributed by atoms with Gasteiger partial charge in [0.1, 0.15) is 0 Å². The molecule has 0 bridgehead atoms. The van der Waals surface area contributed by atoms with Crippen molar-refractivity contribution >= 4 is 11.3 Å². The Morgan fingerprint density at radius 3 is 2.69 bits per heavy atom. The van der Waals surface area contributed by atoms with Crippen molar-refractivity contribution in [1.82, 2.24) is 10.2 Å². The molecule has 0 aliphatic carbocycles. The van der Waals surface area contributed by atoms with Crippen molar-refractivity contribution in [2.24, 2.45) is 5.92 Å². The average molecular weight is 240 g/mol. The van der Waals surface area contributed by atoms with E-state index in [2.05, 4.69) is 43.2 Å². The molecule has 0 spiro atoms. The van der Waals surface area contributed by atoms with Crippen LogP contribution in [0.5, 0.6) is 0 Å². The van der Waals surface area contributed by atoms with Crippen LogP contribution in [0.1, 0.15) is 30.0 Å². The third-order valence-corrected chi connectivity index (χ3v) is 3.88. The fraction of sp³-hybridized carbons (Fsp3) is 0.692. The second kappa shape index (κ2) is 7.05. The molecule has 3 heteroatoms. The molecule has 0 saturated carbocycles. The third-order valence-electron chi connectivity index (χ3n) is 2.81. The minimum absolute atomic E-state index is 0.793. The van der Waals surface area contributed by atoms with Gasteiger partial charge >= 0.3 is 0 Å². The highest BCUT2D eigenvalue weighted by atomic mass is 32.1. The molecular formula is C13H24N2S. The summed E-state index contributed by atoms with van der Waals surface area (Å²) in [5.74, 6) is 0.793. The lowest BCUT2D eigenvalue weighted by atomic mass is 10.1. The van der Waals surface area contributed by atoms with Gasteiger partial charge in [-0.2, -0.15) is 0 Å². The number of hydrogen-bond donors (Lipinski definition) is 1. The van der Waals surface area contributed by atoms with Crippen LogP contribution in [0, 0.1) is 5.92 Å². The molecule has 0 saturated heterocycles. The second-order valence-corrected chi connectivity index (χ2v) is 5.86. The minimum Gasteiger partial charge on any atom is -0.315 e. The third kappa shape index (κ3) is 4.64. The zero-order valence-corrected chi connectivity index (χ0v) is 11.7. The van der Waals surface area contributed by atoms with Crippen molar-refractivity contribution in [3.05, 3.63) is 21.9 Å². The first kappa shape index (κ1) is 13.7. The maximum Gasteiger partial charge on any atom is 0.0325 e. The maximum absolute atomic E-state index is 3.19. The van der Waals surface area contributed by atoms with Crippen molar-refractivity contribution in [3.63, 3.8) is 0 Å². The normalized spacial score (nSPS) is 13.3. The van der Waals surface area contributed by atoms with E-state index in [1.807, 2.05) is 18.4 Å². The summed E-state index contributed by atoms with van der Waals surface area (Å²) in [5.41, 5.74) is 0. The van der Waals surface area contributed by atoms with Crippen LogP contribution in [0.3, 0.4) is 0 Å². The van der Waals surface area contributed by atoms with E-state index in [0.29, 0.717) is 0 Å². The number of nitrogens with one attached hydrogen (secondary N) is 1. The van der Waals surface area contributed by atoms with Gasteiger partial charge in [0.2, 0.25) is 0 Å². The standard InChI is InChI=1S/C13H24N2S/c1-5-11(2)9-15(4)10-13-7-6-12(16-13)8-14-3/h6-7,11,14H,5,8-10H2,1-4H3. The molecule has 1 heterocycles. The van der Waals surface area contributed by atoms with Gasteiger partial charge in [0.05, 0.1) is 0 Å². The number of thiophene rings is 1. The van der Waals surface area contributed by atoms with Crippen molar-refractivity contribution in [2.45, 2.75) is 33.4 Å². The van der Waals surface area contributed by atoms with E-state index in [9.17, 15) is 0 Å². The SMILES string of the molecule is CCC(C)CN(C)Cc1ccc(CNC)s1. The number of nitrogens with zero attached hydrogens (tertiary/aromatic N) is 1. The van der Waals surface area contributed by atoms with Crippen LogP contribution < -0.4 is 5.32 Å². The van der Waals surface area contributed by atoms with E-state index in [4.69, 9.17) is 0 Å². The highest BCUT2D eigenvalue weighted by Crippen LogP contribution is 2.18. The smallest absolute Gasteiger partial charge is 0.0325 e. The summed E-state index contributed by atoms with van der Waals surface area (Å²) in [6, 6.07) is 4.48. The fourth-order valence-electron chi connectivity index (χ4n) is 1.77. The Balaban J connectivity index is 2.40. The van der Waals surface area contributed by atoms with Gasteiger partial charge < -0.3 is 10.2 Å². The highest BCUT2D eigenvalue weighted by Gasteiger charge is 2.06. The molecule has 2 nitrogen and oxygen atoms in total. The van der Waals surface area contributed by atoms with E-state index in [1.54, 1.807) is 0 Å². The molecule has 0 radical (unpaired) electrons. The molecule has 1 rings (SSSR count). The van der Waals surface area contributed by atoms with Gasteiger partial charge in [-0.05, 0) is 32.1 Å². The predicted octanol–water partition coefficient (Wildman–Crippen LogP) is 2.95. The van der Waals surface area contributed by atoms with Crippen LogP contribution in [0.4, 0.5) is 0 Å². The van der Waals surface area contributed by atoms with Gasteiger partial charge in [0.15, 0.2) is 0 Å². The van der Waals surface area contributed by atoms with E-state index in [0.717, 1.165) is 19.0 Å². The van der Waals surface area contributed by atoms with E-state index >= 15 is 0 Å². The average Bonchev–Trinajstić information content (AvgIpc) is 2.65. The van der Waals surface area contributed by atoms with Crippen LogP contribution in [0.15, 0.2) is 12.1 Å². The number of rotatable bonds is 7. The lowest BCUT2D eigenvalue weighted by molar-refractivity contribution is 0.277. The Morgan fingerprint density at radius 2 is 2.06 bits per heavy atom. The Hall–Kier alpha value is -0.380. The van der Waals surface area contributed by atoms with Crippen molar-refractivity contribution < 1.29 is 0 Å². The molecule has 0 aliphatic heterocycles. The fourth-order valence-corrected chi connectivity index (χ4v) is 2.88. The molecular weight excluding hydrogens is 216 g/mol. The van der Waals surface area contributed by atoms with Crippen LogP contribution in [0.25, 0.3) is 0 Å². The van der Waals surface area contributed by atoms with Gasteiger partial charge in [-0.1, -0.05) is 20.3 Å². The lowest BCUT2D eigenvalue weighted by Gasteiger charge is -2.19. The van der Waals surface area contributed by atoms with Gasteiger partial charge in [-0.15, -0.1) is 11.3 Å². The molecule has 1 N–H and O–H groups in total. The summed E-state index contributed by atoms with van der Waals surface area (Å²) in [6.45, 7) is 7.83. The van der Waals surface area contributed by atoms with Crippen molar-refractivity contribution in [1.29, 1.82) is 0 Å². The Bertz CT molecular complexity index is 296. The number of hydrogen-bond acceptors (Lipinski definition) is 3. The van der Waals surface area contributed by atoms with Gasteiger partial charge in [0, 0.05) is 29.4 Å². The summed E-state index contributed by atoms with van der Waals surface area (Å²) in [5, 5.41) is 3.19. The zero-order chi connectivity index (χ0) is 12.0. The molecule has 0 amide bonds. The predicted molar refractivity (Wildman–Crippen MR) is 72.9 cm³/mol. The first-order chi connectivity index (χ1) is 7.65. The van der Waals surface area contributed by atoms with Gasteiger partial charge in [0.25, 0.3) is 0 Å². The Kier molecular flexibility index (Phi) is 6.03. The summed E-state index contributed by atoms with van der Waals surface area (Å²) < 4.78 is 0. The maximum atomic E-state index is 3.19. The summed E-state index contributed by atoms with van der Waals surface area (Å²) in [6.07, 6.45) is 1.26. The first-order valence-corrected chi connectivity index (χ1v) is 6.88. The Labute approximate surface area is 104 Å². The largest absolute Gasteiger partial charge is 0.315 e. The summed E-state index contributed by atoms with van der Waals surface area (Å²) >= 11 is 1.92. The molecule has 0 aliphatic rings. The molecule has 1 unspecified atom stereocenters. The molecule has 0 aromatic carbocycles. The second-order valence-electron chi connectivity index (χ2n) is 4.61. The molecule has 1 aromatic rings. The van der Waals surface area contributed by atoms with Crippen molar-refractivity contribution in [3.8, 4) is 0 Å². The molecule has 0 fully saturated rings. The Morgan fingerprint density at radius 1 is 1.38 bits per heavy atom. The van der Waals surface area contributed by atoms with Crippen LogP contribution >= 0.6 is 11.3 Å². The van der Waals surface area contributed by atoms with Crippen molar-refractivity contribution in [2.75, 3.05) is 20.6 Å². The first-order valence-electron chi connectivity index (χ1n) is 6.06. The zero-order valence-electron chi connectivity index (χ0n) is 10.9.